The zero-order chi connectivity index (χ0) is 12.1. The van der Waals surface area contributed by atoms with Gasteiger partial charge in [-0.05, 0) is 35.7 Å². The molecule has 2 aromatic rings. The maximum absolute atomic E-state index is 5.69. The molecular weight excluding hydrogens is 210 g/mol. The van der Waals surface area contributed by atoms with Crippen molar-refractivity contribution in [2.75, 3.05) is 5.73 Å². The van der Waals surface area contributed by atoms with E-state index < -0.39 is 0 Å². The molecule has 2 N–H and O–H groups in total. The lowest BCUT2D eigenvalue weighted by molar-refractivity contribution is 0.107. The van der Waals surface area contributed by atoms with Crippen LogP contribution in [0.5, 0.6) is 0 Å². The van der Waals surface area contributed by atoms with Crippen LogP contribution in [0.1, 0.15) is 16.7 Å². The Kier molecular flexibility index (Phi) is 3.78. The Morgan fingerprint density at radius 3 is 2.35 bits per heavy atom. The summed E-state index contributed by atoms with van der Waals surface area (Å²) in [6, 6.07) is 16.0. The first-order chi connectivity index (χ1) is 8.25. The van der Waals surface area contributed by atoms with Crippen LogP contribution < -0.4 is 5.73 Å². The second-order valence-electron chi connectivity index (χ2n) is 4.16. The van der Waals surface area contributed by atoms with E-state index in [1.807, 2.05) is 36.4 Å². The number of anilines is 1. The van der Waals surface area contributed by atoms with Crippen LogP contribution in [-0.2, 0) is 18.0 Å². The Hall–Kier alpha value is -1.80. The SMILES string of the molecule is Cc1ccccc1COCc1ccc(N)cc1. The molecular formula is C15H17NO. The molecule has 0 heterocycles. The molecule has 2 nitrogen and oxygen atoms in total. The Morgan fingerprint density at radius 1 is 0.941 bits per heavy atom. The summed E-state index contributed by atoms with van der Waals surface area (Å²) >= 11 is 0. The number of nitrogen functional groups attached to an aromatic ring is 1. The molecule has 0 aromatic heterocycles. The van der Waals surface area contributed by atoms with Crippen LogP contribution in [0.2, 0.25) is 0 Å². The Balaban J connectivity index is 1.88. The molecule has 17 heavy (non-hydrogen) atoms. The second-order valence-corrected chi connectivity index (χ2v) is 4.16. The molecule has 0 bridgehead atoms. The highest BCUT2D eigenvalue weighted by Crippen LogP contribution is 2.11. The lowest BCUT2D eigenvalue weighted by Gasteiger charge is -2.07. The van der Waals surface area contributed by atoms with Gasteiger partial charge in [0.15, 0.2) is 0 Å². The fourth-order valence-electron chi connectivity index (χ4n) is 1.66. The third kappa shape index (κ3) is 3.33. The fraction of sp³-hybridized carbons (Fsp3) is 0.200. The van der Waals surface area contributed by atoms with E-state index in [9.17, 15) is 0 Å². The third-order valence-corrected chi connectivity index (χ3v) is 2.77. The summed E-state index contributed by atoms with van der Waals surface area (Å²) in [6.07, 6.45) is 0. The van der Waals surface area contributed by atoms with Crippen molar-refractivity contribution in [1.82, 2.24) is 0 Å². The number of hydrogen-bond acceptors (Lipinski definition) is 2. The summed E-state index contributed by atoms with van der Waals surface area (Å²) in [5, 5.41) is 0. The molecule has 0 saturated heterocycles. The average Bonchev–Trinajstić information content (AvgIpc) is 2.34. The van der Waals surface area contributed by atoms with E-state index in [2.05, 4.69) is 19.1 Å². The van der Waals surface area contributed by atoms with Gasteiger partial charge in [-0.3, -0.25) is 0 Å². The van der Waals surface area contributed by atoms with Crippen molar-refractivity contribution in [2.45, 2.75) is 20.1 Å². The van der Waals surface area contributed by atoms with E-state index in [0.29, 0.717) is 13.2 Å². The Bertz CT molecular complexity index is 477. The van der Waals surface area contributed by atoms with Crippen molar-refractivity contribution in [3.63, 3.8) is 0 Å². The average molecular weight is 227 g/mol. The van der Waals surface area contributed by atoms with Crippen molar-refractivity contribution in [2.24, 2.45) is 0 Å². The molecule has 0 aliphatic carbocycles. The number of rotatable bonds is 4. The van der Waals surface area contributed by atoms with Crippen molar-refractivity contribution < 1.29 is 4.74 Å². The molecule has 2 heteroatoms. The number of nitrogens with two attached hydrogens (primary N) is 1. The van der Waals surface area contributed by atoms with Crippen LogP contribution >= 0.6 is 0 Å². The van der Waals surface area contributed by atoms with Gasteiger partial charge in [0.2, 0.25) is 0 Å². The van der Waals surface area contributed by atoms with Crippen LogP contribution in [0, 0.1) is 6.92 Å². The smallest absolute Gasteiger partial charge is 0.0724 e. The Labute approximate surface area is 102 Å². The Morgan fingerprint density at radius 2 is 1.65 bits per heavy atom. The van der Waals surface area contributed by atoms with Gasteiger partial charge in [0.1, 0.15) is 0 Å². The van der Waals surface area contributed by atoms with E-state index in [4.69, 9.17) is 10.5 Å². The van der Waals surface area contributed by atoms with Gasteiger partial charge in [-0.2, -0.15) is 0 Å². The lowest BCUT2D eigenvalue weighted by Crippen LogP contribution is -1.96. The minimum Gasteiger partial charge on any atom is -0.399 e. The molecule has 0 aliphatic rings. The molecule has 0 aliphatic heterocycles. The molecule has 2 aromatic carbocycles. The fourth-order valence-corrected chi connectivity index (χ4v) is 1.66. The maximum atomic E-state index is 5.69. The van der Waals surface area contributed by atoms with Crippen LogP contribution in [0.15, 0.2) is 48.5 Å². The number of hydrogen-bond donors (Lipinski definition) is 1. The van der Waals surface area contributed by atoms with Gasteiger partial charge < -0.3 is 10.5 Å². The highest BCUT2D eigenvalue weighted by molar-refractivity contribution is 5.39. The van der Waals surface area contributed by atoms with Gasteiger partial charge >= 0.3 is 0 Å². The largest absolute Gasteiger partial charge is 0.399 e. The molecule has 88 valence electrons. The van der Waals surface area contributed by atoms with Gasteiger partial charge in [-0.1, -0.05) is 36.4 Å². The standard InChI is InChI=1S/C15H17NO/c1-12-4-2-3-5-14(12)11-17-10-13-6-8-15(16)9-7-13/h2-9H,10-11,16H2,1H3. The van der Waals surface area contributed by atoms with E-state index in [-0.39, 0.29) is 0 Å². The van der Waals surface area contributed by atoms with Crippen molar-refractivity contribution in [3.05, 3.63) is 65.2 Å². The quantitative estimate of drug-likeness (QED) is 0.813. The van der Waals surface area contributed by atoms with Crippen LogP contribution in [0.4, 0.5) is 5.69 Å². The van der Waals surface area contributed by atoms with E-state index in [1.165, 1.54) is 11.1 Å². The molecule has 0 spiro atoms. The van der Waals surface area contributed by atoms with Gasteiger partial charge in [-0.15, -0.1) is 0 Å². The normalized spacial score (nSPS) is 10.4. The van der Waals surface area contributed by atoms with Crippen LogP contribution in [0.3, 0.4) is 0 Å². The molecule has 0 amide bonds. The number of ether oxygens (including phenoxy) is 1. The second kappa shape index (κ2) is 5.51. The predicted octanol–water partition coefficient (Wildman–Crippen LogP) is 3.29. The minimum atomic E-state index is 0.620. The summed E-state index contributed by atoms with van der Waals surface area (Å²) in [7, 11) is 0. The number of aryl methyl sites for hydroxylation is 1. The summed E-state index contributed by atoms with van der Waals surface area (Å²) in [6.45, 7) is 3.37. The summed E-state index contributed by atoms with van der Waals surface area (Å²) < 4.78 is 5.69. The number of benzene rings is 2. The van der Waals surface area contributed by atoms with Crippen molar-refractivity contribution in [1.29, 1.82) is 0 Å². The minimum absolute atomic E-state index is 0.620. The summed E-state index contributed by atoms with van der Waals surface area (Å²) in [5.74, 6) is 0. The highest BCUT2D eigenvalue weighted by atomic mass is 16.5. The molecule has 0 saturated carbocycles. The molecule has 0 radical (unpaired) electrons. The van der Waals surface area contributed by atoms with E-state index in [0.717, 1.165) is 11.3 Å². The summed E-state index contributed by atoms with van der Waals surface area (Å²) in [4.78, 5) is 0. The molecule has 2 rings (SSSR count). The third-order valence-electron chi connectivity index (χ3n) is 2.77. The van der Waals surface area contributed by atoms with Crippen molar-refractivity contribution >= 4 is 5.69 Å². The molecule has 0 atom stereocenters. The molecule has 0 fully saturated rings. The zero-order valence-electron chi connectivity index (χ0n) is 10.0. The first kappa shape index (κ1) is 11.7. The summed E-state index contributed by atoms with van der Waals surface area (Å²) in [5.41, 5.74) is 10.1. The zero-order valence-corrected chi connectivity index (χ0v) is 10.0. The van der Waals surface area contributed by atoms with Gasteiger partial charge in [-0.25, -0.2) is 0 Å². The monoisotopic (exact) mass is 227 g/mol. The van der Waals surface area contributed by atoms with E-state index in [1.54, 1.807) is 0 Å². The topological polar surface area (TPSA) is 35.2 Å². The maximum Gasteiger partial charge on any atom is 0.0724 e. The van der Waals surface area contributed by atoms with Gasteiger partial charge in [0, 0.05) is 5.69 Å². The van der Waals surface area contributed by atoms with Crippen LogP contribution in [0.25, 0.3) is 0 Å². The molecule has 0 unspecified atom stereocenters. The van der Waals surface area contributed by atoms with E-state index >= 15 is 0 Å². The van der Waals surface area contributed by atoms with Gasteiger partial charge in [0.25, 0.3) is 0 Å². The van der Waals surface area contributed by atoms with Gasteiger partial charge in [0.05, 0.1) is 13.2 Å². The first-order valence-electron chi connectivity index (χ1n) is 5.72. The van der Waals surface area contributed by atoms with Crippen molar-refractivity contribution in [3.8, 4) is 0 Å². The lowest BCUT2D eigenvalue weighted by atomic mass is 10.1. The predicted molar refractivity (Wildman–Crippen MR) is 70.5 cm³/mol. The first-order valence-corrected chi connectivity index (χ1v) is 5.72. The van der Waals surface area contributed by atoms with Crippen LogP contribution in [-0.4, -0.2) is 0 Å². The highest BCUT2D eigenvalue weighted by Gasteiger charge is 1.98.